The number of aromatic nitrogens is 1. The predicted octanol–water partition coefficient (Wildman–Crippen LogP) is 2.86. The number of nitrogens with zero attached hydrogens (tertiary/aromatic N) is 3. The molecule has 0 saturated carbocycles. The Hall–Kier alpha value is -2.27. The first-order valence-electron chi connectivity index (χ1n) is 4.96. The van der Waals surface area contributed by atoms with Gasteiger partial charge in [-0.25, -0.2) is 15.6 Å². The number of ether oxygens (including phenoxy) is 1. The van der Waals surface area contributed by atoms with E-state index in [1.807, 2.05) is 0 Å². The number of fused-ring (bicyclic) bond motifs is 1. The Labute approximate surface area is 113 Å². The third-order valence-electron chi connectivity index (χ3n) is 1.93. The highest BCUT2D eigenvalue weighted by molar-refractivity contribution is 7.21. The van der Waals surface area contributed by atoms with Crippen molar-refractivity contribution in [2.24, 2.45) is 16.1 Å². The second-order valence-corrected chi connectivity index (χ2v) is 4.33. The molecule has 0 aliphatic rings. The molecule has 1 heterocycles. The van der Waals surface area contributed by atoms with Crippen molar-refractivity contribution in [3.05, 3.63) is 18.2 Å². The fourth-order valence-corrected chi connectivity index (χ4v) is 2.07. The summed E-state index contributed by atoms with van der Waals surface area (Å²) in [6.07, 6.45) is -4.76. The van der Waals surface area contributed by atoms with Gasteiger partial charge in [-0.05, 0) is 12.1 Å². The Morgan fingerprint density at radius 1 is 1.45 bits per heavy atom. The summed E-state index contributed by atoms with van der Waals surface area (Å²) in [6.45, 7) is 0. The molecule has 0 atom stereocenters. The molecule has 7 nitrogen and oxygen atoms in total. The van der Waals surface area contributed by atoms with Crippen molar-refractivity contribution in [1.82, 2.24) is 10.4 Å². The molecule has 11 heteroatoms. The standard InChI is InChI=1S/C9H6F3N5O2S/c10-9(11,12)19-4-1-2-5-6(3-4)20-8(14-5)17-16-7(18)15-13/h1-3H,13H2,(H,15,18). The zero-order valence-electron chi connectivity index (χ0n) is 9.51. The molecule has 1 aromatic carbocycles. The van der Waals surface area contributed by atoms with Gasteiger partial charge in [0.2, 0.25) is 5.13 Å². The Balaban J connectivity index is 2.26. The number of halogens is 3. The van der Waals surface area contributed by atoms with Crippen molar-refractivity contribution < 1.29 is 22.7 Å². The molecule has 2 amide bonds. The molecule has 2 aromatic rings. The Morgan fingerprint density at radius 2 is 2.20 bits per heavy atom. The lowest BCUT2D eigenvalue weighted by molar-refractivity contribution is -0.274. The second-order valence-electron chi connectivity index (χ2n) is 3.32. The highest BCUT2D eigenvalue weighted by atomic mass is 32.1. The van der Waals surface area contributed by atoms with Gasteiger partial charge >= 0.3 is 12.4 Å². The fraction of sp³-hybridized carbons (Fsp3) is 0.111. The van der Waals surface area contributed by atoms with E-state index in [1.165, 1.54) is 12.1 Å². The molecule has 0 aliphatic heterocycles. The largest absolute Gasteiger partial charge is 0.573 e. The van der Waals surface area contributed by atoms with Crippen LogP contribution in [0.2, 0.25) is 0 Å². The van der Waals surface area contributed by atoms with E-state index in [2.05, 4.69) is 19.9 Å². The number of benzene rings is 1. The van der Waals surface area contributed by atoms with Crippen molar-refractivity contribution >= 4 is 32.7 Å². The van der Waals surface area contributed by atoms with Crippen molar-refractivity contribution in [2.45, 2.75) is 6.36 Å². The van der Waals surface area contributed by atoms with E-state index in [0.717, 1.165) is 17.4 Å². The Bertz CT molecular complexity index is 669. The fourth-order valence-electron chi connectivity index (χ4n) is 1.25. The van der Waals surface area contributed by atoms with Crippen LogP contribution in [-0.4, -0.2) is 17.4 Å². The van der Waals surface area contributed by atoms with Gasteiger partial charge < -0.3 is 4.74 Å². The number of azo groups is 1. The zero-order valence-corrected chi connectivity index (χ0v) is 10.3. The molecule has 0 fully saturated rings. The summed E-state index contributed by atoms with van der Waals surface area (Å²) in [5.74, 6) is 4.43. The average Bonchev–Trinajstić information content (AvgIpc) is 2.76. The number of hydrogen-bond donors (Lipinski definition) is 2. The lowest BCUT2D eigenvalue weighted by atomic mass is 10.3. The van der Waals surface area contributed by atoms with Crippen molar-refractivity contribution in [3.8, 4) is 5.75 Å². The number of amides is 2. The van der Waals surface area contributed by atoms with E-state index >= 15 is 0 Å². The molecule has 0 saturated heterocycles. The maximum Gasteiger partial charge on any atom is 0.573 e. The van der Waals surface area contributed by atoms with E-state index in [4.69, 9.17) is 5.84 Å². The van der Waals surface area contributed by atoms with Gasteiger partial charge in [0.1, 0.15) is 5.75 Å². The summed E-state index contributed by atoms with van der Waals surface area (Å²) in [5, 5.41) is 6.78. The quantitative estimate of drug-likeness (QED) is 0.385. The second kappa shape index (κ2) is 5.38. The molecule has 0 spiro atoms. The van der Waals surface area contributed by atoms with Gasteiger partial charge in [-0.2, -0.15) is 0 Å². The van der Waals surface area contributed by atoms with Crippen molar-refractivity contribution in [2.75, 3.05) is 0 Å². The van der Waals surface area contributed by atoms with Crippen LogP contribution in [0.4, 0.5) is 23.1 Å². The molecule has 0 bridgehead atoms. The van der Waals surface area contributed by atoms with Gasteiger partial charge in [-0.1, -0.05) is 16.5 Å². The number of thiazole rings is 1. The first kappa shape index (κ1) is 14.1. The Morgan fingerprint density at radius 3 is 2.85 bits per heavy atom. The monoisotopic (exact) mass is 305 g/mol. The van der Waals surface area contributed by atoms with Crippen LogP contribution in [0.3, 0.4) is 0 Å². The van der Waals surface area contributed by atoms with Crippen LogP contribution in [-0.2, 0) is 0 Å². The van der Waals surface area contributed by atoms with Crippen LogP contribution in [0, 0.1) is 0 Å². The summed E-state index contributed by atoms with van der Waals surface area (Å²) in [6, 6.07) is 2.77. The first-order chi connectivity index (χ1) is 9.37. The van der Waals surface area contributed by atoms with Crippen LogP contribution in [0.5, 0.6) is 5.75 Å². The van der Waals surface area contributed by atoms with Crippen LogP contribution in [0.15, 0.2) is 28.4 Å². The molecule has 106 valence electrons. The van der Waals surface area contributed by atoms with Crippen LogP contribution >= 0.6 is 11.3 Å². The van der Waals surface area contributed by atoms with E-state index in [9.17, 15) is 18.0 Å². The molecular weight excluding hydrogens is 299 g/mol. The number of rotatable bonds is 2. The van der Waals surface area contributed by atoms with Crippen LogP contribution in [0.25, 0.3) is 10.2 Å². The van der Waals surface area contributed by atoms with Crippen molar-refractivity contribution in [1.29, 1.82) is 0 Å². The molecule has 1 aromatic heterocycles. The third-order valence-corrected chi connectivity index (χ3v) is 2.83. The average molecular weight is 305 g/mol. The van der Waals surface area contributed by atoms with Gasteiger partial charge in [0.05, 0.1) is 10.2 Å². The SMILES string of the molecule is NNC(=O)N=Nc1nc2ccc(OC(F)(F)F)cc2s1. The first-order valence-corrected chi connectivity index (χ1v) is 5.78. The lowest BCUT2D eigenvalue weighted by Crippen LogP contribution is -2.26. The molecule has 0 aliphatic carbocycles. The summed E-state index contributed by atoms with van der Waals surface area (Å²) in [5.41, 5.74) is 2.15. The summed E-state index contributed by atoms with van der Waals surface area (Å²) in [7, 11) is 0. The zero-order chi connectivity index (χ0) is 14.8. The molecule has 0 radical (unpaired) electrons. The van der Waals surface area contributed by atoms with Gasteiger partial charge in [0, 0.05) is 6.07 Å². The number of carbonyl (C=O) groups is 1. The van der Waals surface area contributed by atoms with E-state index in [0.29, 0.717) is 10.2 Å². The minimum atomic E-state index is -4.76. The Kier molecular flexibility index (Phi) is 3.81. The number of carbonyl (C=O) groups excluding carboxylic acids is 1. The topological polar surface area (TPSA) is 102 Å². The normalized spacial score (nSPS) is 12.0. The molecule has 3 N–H and O–H groups in total. The molecular formula is C9H6F3N5O2S. The van der Waals surface area contributed by atoms with Gasteiger partial charge in [-0.3, -0.25) is 5.43 Å². The van der Waals surface area contributed by atoms with E-state index in [-0.39, 0.29) is 10.9 Å². The van der Waals surface area contributed by atoms with E-state index in [1.54, 1.807) is 5.43 Å². The van der Waals surface area contributed by atoms with Crippen LogP contribution in [0.1, 0.15) is 0 Å². The number of hydrazine groups is 1. The highest BCUT2D eigenvalue weighted by Crippen LogP contribution is 2.32. The van der Waals surface area contributed by atoms with Gasteiger partial charge in [-0.15, -0.1) is 18.3 Å². The predicted molar refractivity (Wildman–Crippen MR) is 63.5 cm³/mol. The van der Waals surface area contributed by atoms with Gasteiger partial charge in [0.15, 0.2) is 0 Å². The molecule has 20 heavy (non-hydrogen) atoms. The van der Waals surface area contributed by atoms with Gasteiger partial charge in [0.25, 0.3) is 0 Å². The molecule has 0 unspecified atom stereocenters. The summed E-state index contributed by atoms with van der Waals surface area (Å²) >= 11 is 0.950. The van der Waals surface area contributed by atoms with Crippen molar-refractivity contribution in [3.63, 3.8) is 0 Å². The number of alkyl halides is 3. The smallest absolute Gasteiger partial charge is 0.406 e. The molecule has 2 rings (SSSR count). The van der Waals surface area contributed by atoms with Crippen LogP contribution < -0.4 is 16.0 Å². The number of hydrogen-bond acceptors (Lipinski definition) is 6. The minimum absolute atomic E-state index is 0.104. The van der Waals surface area contributed by atoms with E-state index < -0.39 is 12.4 Å². The number of urea groups is 1. The lowest BCUT2D eigenvalue weighted by Gasteiger charge is -2.07. The maximum atomic E-state index is 12.1. The summed E-state index contributed by atoms with van der Waals surface area (Å²) < 4.78 is 40.4. The maximum absolute atomic E-state index is 12.1. The summed E-state index contributed by atoms with van der Waals surface area (Å²) in [4.78, 5) is 14.7. The minimum Gasteiger partial charge on any atom is -0.406 e. The highest BCUT2D eigenvalue weighted by Gasteiger charge is 2.31. The number of nitrogens with two attached hydrogens (primary N) is 1. The number of nitrogens with one attached hydrogen (secondary N) is 1. The third kappa shape index (κ3) is 3.61.